The molecule has 1 saturated carbocycles. The van der Waals surface area contributed by atoms with Gasteiger partial charge in [-0.3, -0.25) is 9.48 Å². The van der Waals surface area contributed by atoms with Gasteiger partial charge in [0.05, 0.1) is 28.3 Å². The summed E-state index contributed by atoms with van der Waals surface area (Å²) in [4.78, 5) is 12.7. The van der Waals surface area contributed by atoms with E-state index in [0.29, 0.717) is 10.6 Å². The van der Waals surface area contributed by atoms with Crippen LogP contribution in [0.5, 0.6) is 0 Å². The van der Waals surface area contributed by atoms with Gasteiger partial charge in [0, 0.05) is 18.7 Å². The Balaban J connectivity index is 1.57. The maximum Gasteiger partial charge on any atom is 0.178 e. The molecule has 0 aromatic carbocycles. The van der Waals surface area contributed by atoms with Gasteiger partial charge in [-0.15, -0.1) is 11.3 Å². The highest BCUT2D eigenvalue weighted by atomic mass is 32.1. The van der Waals surface area contributed by atoms with Crippen molar-refractivity contribution < 1.29 is 4.79 Å². The number of nitrogen functional groups attached to an aromatic ring is 1. The Hall–Kier alpha value is -1.82. The van der Waals surface area contributed by atoms with Crippen LogP contribution in [0.3, 0.4) is 0 Å². The minimum absolute atomic E-state index is 0.211. The number of thiophene rings is 1. The van der Waals surface area contributed by atoms with Gasteiger partial charge >= 0.3 is 0 Å². The summed E-state index contributed by atoms with van der Waals surface area (Å²) < 4.78 is 1.90. The van der Waals surface area contributed by atoms with Gasteiger partial charge in [-0.25, -0.2) is 0 Å². The third-order valence-electron chi connectivity index (χ3n) is 3.34. The highest BCUT2D eigenvalue weighted by molar-refractivity contribution is 7.18. The topological polar surface area (TPSA) is 72.9 Å². The molecule has 106 valence electrons. The molecular formula is C14H18N4OS. The molecule has 0 saturated heterocycles. The average Bonchev–Trinajstić information content (AvgIpc) is 3.09. The van der Waals surface area contributed by atoms with E-state index in [1.807, 2.05) is 30.1 Å². The van der Waals surface area contributed by atoms with Crippen molar-refractivity contribution >= 4 is 27.8 Å². The first-order chi connectivity index (χ1) is 9.63. The molecule has 1 aliphatic rings. The summed E-state index contributed by atoms with van der Waals surface area (Å²) in [6.45, 7) is 3.57. The molecule has 1 fully saturated rings. The number of ketones is 1. The zero-order valence-electron chi connectivity index (χ0n) is 11.4. The maximum atomic E-state index is 12.0. The quantitative estimate of drug-likeness (QED) is 0.802. The minimum atomic E-state index is 0.211. The van der Waals surface area contributed by atoms with Gasteiger partial charge in [-0.2, -0.15) is 5.10 Å². The number of rotatable bonds is 6. The van der Waals surface area contributed by atoms with Crippen LogP contribution in [-0.4, -0.2) is 22.1 Å². The largest absolute Gasteiger partial charge is 0.397 e. The van der Waals surface area contributed by atoms with E-state index in [4.69, 9.17) is 5.73 Å². The number of nitrogens with zero attached hydrogens (tertiary/aromatic N) is 2. The fraction of sp³-hybridized carbons (Fsp3) is 0.429. The molecule has 0 radical (unpaired) electrons. The third-order valence-corrected chi connectivity index (χ3v) is 4.46. The van der Waals surface area contributed by atoms with Crippen LogP contribution in [0.4, 0.5) is 10.7 Å². The lowest BCUT2D eigenvalue weighted by Crippen LogP contribution is -2.09. The van der Waals surface area contributed by atoms with Crippen LogP contribution in [0.2, 0.25) is 0 Å². The minimum Gasteiger partial charge on any atom is -0.397 e. The van der Waals surface area contributed by atoms with Gasteiger partial charge in [-0.05, 0) is 31.4 Å². The molecule has 0 amide bonds. The molecule has 0 atom stereocenters. The van der Waals surface area contributed by atoms with Gasteiger partial charge in [0.15, 0.2) is 5.78 Å². The molecule has 2 aromatic rings. The van der Waals surface area contributed by atoms with Crippen molar-refractivity contribution in [1.82, 2.24) is 9.78 Å². The fourth-order valence-electron chi connectivity index (χ4n) is 2.10. The molecule has 1 aliphatic carbocycles. The fourth-order valence-corrected chi connectivity index (χ4v) is 3.12. The smallest absolute Gasteiger partial charge is 0.178 e. The molecule has 5 nitrogen and oxygen atoms in total. The molecule has 20 heavy (non-hydrogen) atoms. The summed E-state index contributed by atoms with van der Waals surface area (Å²) in [5, 5.41) is 8.49. The lowest BCUT2D eigenvalue weighted by atomic mass is 10.2. The summed E-state index contributed by atoms with van der Waals surface area (Å²) in [5.74, 6) is 0.430. The van der Waals surface area contributed by atoms with Gasteiger partial charge in [0.1, 0.15) is 0 Å². The predicted octanol–water partition coefficient (Wildman–Crippen LogP) is 2.54. The van der Waals surface area contributed by atoms with Crippen molar-refractivity contribution in [3.63, 3.8) is 0 Å². The number of hydrogen-bond acceptors (Lipinski definition) is 5. The highest BCUT2D eigenvalue weighted by Gasteiger charge is 2.32. The summed E-state index contributed by atoms with van der Waals surface area (Å²) >= 11 is 1.46. The first kappa shape index (κ1) is 13.2. The second kappa shape index (κ2) is 5.28. The van der Waals surface area contributed by atoms with E-state index in [1.165, 1.54) is 11.3 Å². The van der Waals surface area contributed by atoms with Crippen molar-refractivity contribution in [2.24, 2.45) is 5.92 Å². The van der Waals surface area contributed by atoms with E-state index in [2.05, 4.69) is 10.4 Å². The van der Waals surface area contributed by atoms with E-state index in [9.17, 15) is 4.79 Å². The van der Waals surface area contributed by atoms with Gasteiger partial charge in [0.25, 0.3) is 0 Å². The van der Waals surface area contributed by atoms with E-state index >= 15 is 0 Å². The van der Waals surface area contributed by atoms with Crippen molar-refractivity contribution in [2.75, 3.05) is 17.6 Å². The van der Waals surface area contributed by atoms with Crippen LogP contribution < -0.4 is 11.1 Å². The molecule has 0 unspecified atom stereocenters. The lowest BCUT2D eigenvalue weighted by Gasteiger charge is -2.03. The Morgan fingerprint density at radius 2 is 2.40 bits per heavy atom. The number of anilines is 2. The average molecular weight is 290 g/mol. The number of hydrogen-bond donors (Lipinski definition) is 2. The lowest BCUT2D eigenvalue weighted by molar-refractivity contribution is 0.0972. The zero-order valence-corrected chi connectivity index (χ0v) is 12.2. The molecular weight excluding hydrogens is 272 g/mol. The van der Waals surface area contributed by atoms with Gasteiger partial charge in [-0.1, -0.05) is 0 Å². The van der Waals surface area contributed by atoms with Gasteiger partial charge in [0.2, 0.25) is 0 Å². The van der Waals surface area contributed by atoms with Crippen molar-refractivity contribution in [1.29, 1.82) is 0 Å². The van der Waals surface area contributed by atoms with Crippen molar-refractivity contribution in [3.8, 4) is 0 Å². The Morgan fingerprint density at radius 3 is 3.05 bits per heavy atom. The van der Waals surface area contributed by atoms with Crippen LogP contribution >= 0.6 is 11.3 Å². The number of aromatic nitrogens is 2. The first-order valence-corrected chi connectivity index (χ1v) is 7.61. The second-order valence-electron chi connectivity index (χ2n) is 5.24. The Bertz CT molecular complexity index is 627. The number of nitrogens with one attached hydrogen (secondary N) is 1. The zero-order chi connectivity index (χ0) is 14.1. The summed E-state index contributed by atoms with van der Waals surface area (Å²) in [6, 6.07) is 1.86. The number of aryl methyl sites for hydroxylation is 1. The number of Topliss-reactive ketones (excluding diaryl/α,β-unsaturated/α-hetero) is 1. The Morgan fingerprint density at radius 1 is 1.60 bits per heavy atom. The van der Waals surface area contributed by atoms with E-state index < -0.39 is 0 Å². The van der Waals surface area contributed by atoms with Crippen LogP contribution in [0.1, 0.15) is 28.1 Å². The molecule has 6 heteroatoms. The summed E-state index contributed by atoms with van der Waals surface area (Å²) in [7, 11) is 0. The summed E-state index contributed by atoms with van der Waals surface area (Å²) in [6.07, 6.45) is 5.87. The molecule has 2 heterocycles. The molecule has 3 N–H and O–H groups in total. The normalized spacial score (nSPS) is 14.4. The van der Waals surface area contributed by atoms with Crippen molar-refractivity contribution in [2.45, 2.75) is 26.3 Å². The van der Waals surface area contributed by atoms with E-state index in [0.717, 1.165) is 36.5 Å². The highest BCUT2D eigenvalue weighted by Crippen LogP contribution is 2.38. The monoisotopic (exact) mass is 290 g/mol. The molecule has 0 aliphatic heterocycles. The van der Waals surface area contributed by atoms with Crippen molar-refractivity contribution in [3.05, 3.63) is 28.9 Å². The van der Waals surface area contributed by atoms with E-state index in [1.54, 1.807) is 0 Å². The van der Waals surface area contributed by atoms with E-state index in [-0.39, 0.29) is 11.7 Å². The second-order valence-corrected chi connectivity index (χ2v) is 6.29. The third kappa shape index (κ3) is 2.85. The first-order valence-electron chi connectivity index (χ1n) is 6.80. The predicted molar refractivity (Wildman–Crippen MR) is 81.2 cm³/mol. The molecule has 2 aromatic heterocycles. The standard InChI is InChI=1S/C14H18N4OS/c1-9-7-17-18(8-9)5-4-16-12-6-11(15)14(20-12)13(19)10-2-3-10/h6-8,10,16H,2-5,15H2,1H3. The molecule has 0 spiro atoms. The van der Waals surface area contributed by atoms with Crippen LogP contribution in [0.15, 0.2) is 18.5 Å². The number of carbonyl (C=O) groups excluding carboxylic acids is 1. The van der Waals surface area contributed by atoms with Gasteiger partial charge < -0.3 is 11.1 Å². The Kier molecular flexibility index (Phi) is 3.48. The Labute approximate surface area is 121 Å². The number of carbonyl (C=O) groups is 1. The molecule has 0 bridgehead atoms. The van der Waals surface area contributed by atoms with Crippen LogP contribution in [0, 0.1) is 12.8 Å². The summed E-state index contributed by atoms with van der Waals surface area (Å²) in [5.41, 5.74) is 7.68. The van der Waals surface area contributed by atoms with Crippen LogP contribution in [0.25, 0.3) is 0 Å². The molecule has 3 rings (SSSR count). The number of nitrogens with two attached hydrogens (primary N) is 1. The maximum absolute atomic E-state index is 12.0. The van der Waals surface area contributed by atoms with Crippen LogP contribution in [-0.2, 0) is 6.54 Å². The SMILES string of the molecule is Cc1cnn(CCNc2cc(N)c(C(=O)C3CC3)s2)c1.